The summed E-state index contributed by atoms with van der Waals surface area (Å²) in [5, 5.41) is 3.25. The topological polar surface area (TPSA) is 58.6 Å². The minimum atomic E-state index is -0.298. The molecule has 2 rings (SSSR count). The van der Waals surface area contributed by atoms with Gasteiger partial charge in [0.05, 0.1) is 6.54 Å². The number of rotatable bonds is 6. The van der Waals surface area contributed by atoms with Crippen LogP contribution in [0.5, 0.6) is 5.75 Å². The van der Waals surface area contributed by atoms with Gasteiger partial charge in [-0.1, -0.05) is 35.9 Å². The van der Waals surface area contributed by atoms with Crippen LogP contribution in [0.3, 0.4) is 0 Å². The Morgan fingerprint density at radius 1 is 1.13 bits per heavy atom. The van der Waals surface area contributed by atoms with Crippen molar-refractivity contribution in [1.82, 2.24) is 4.90 Å². The van der Waals surface area contributed by atoms with Gasteiger partial charge in [-0.25, -0.2) is 0 Å². The molecule has 0 aliphatic carbocycles. The van der Waals surface area contributed by atoms with Gasteiger partial charge >= 0.3 is 0 Å². The number of hydrogen-bond donors (Lipinski definition) is 1. The first kappa shape index (κ1) is 16.8. The minimum Gasteiger partial charge on any atom is -0.484 e. The number of carbonyl (C=O) groups is 2. The lowest BCUT2D eigenvalue weighted by molar-refractivity contribution is -0.135. The van der Waals surface area contributed by atoms with E-state index in [1.807, 2.05) is 18.2 Å². The normalized spacial score (nSPS) is 10.0. The van der Waals surface area contributed by atoms with Crippen LogP contribution in [-0.4, -0.2) is 36.9 Å². The lowest BCUT2D eigenvalue weighted by Gasteiger charge is -2.17. The Hall–Kier alpha value is -2.53. The molecular formula is C17H17ClN2O3. The molecule has 0 spiro atoms. The number of anilines is 1. The van der Waals surface area contributed by atoms with E-state index in [2.05, 4.69) is 5.32 Å². The van der Waals surface area contributed by atoms with Crippen LogP contribution < -0.4 is 10.1 Å². The molecule has 0 saturated carbocycles. The van der Waals surface area contributed by atoms with Gasteiger partial charge in [0.25, 0.3) is 5.91 Å². The number of nitrogens with one attached hydrogen (secondary N) is 1. The van der Waals surface area contributed by atoms with Crippen molar-refractivity contribution in [2.75, 3.05) is 25.5 Å². The van der Waals surface area contributed by atoms with Gasteiger partial charge in [0.15, 0.2) is 6.61 Å². The summed E-state index contributed by atoms with van der Waals surface area (Å²) in [5.74, 6) is -0.0593. The van der Waals surface area contributed by atoms with Gasteiger partial charge in [-0.2, -0.15) is 0 Å². The van der Waals surface area contributed by atoms with Gasteiger partial charge in [-0.05, 0) is 30.3 Å². The third-order valence-electron chi connectivity index (χ3n) is 3.02. The van der Waals surface area contributed by atoms with Crippen LogP contribution in [0.4, 0.5) is 5.69 Å². The number of halogens is 1. The molecule has 0 atom stereocenters. The first-order valence-electron chi connectivity index (χ1n) is 7.02. The Labute approximate surface area is 139 Å². The zero-order valence-corrected chi connectivity index (χ0v) is 13.4. The molecule has 6 heteroatoms. The number of carbonyl (C=O) groups excluding carboxylic acids is 2. The molecule has 1 N–H and O–H groups in total. The number of ether oxygens (including phenoxy) is 1. The van der Waals surface area contributed by atoms with Crippen molar-refractivity contribution >= 4 is 29.1 Å². The second kappa shape index (κ2) is 8.19. The first-order chi connectivity index (χ1) is 11.0. The summed E-state index contributed by atoms with van der Waals surface area (Å²) < 4.78 is 5.36. The van der Waals surface area contributed by atoms with Crippen LogP contribution in [0.2, 0.25) is 5.02 Å². The Bertz CT molecular complexity index is 677. The fraction of sp³-hybridized carbons (Fsp3) is 0.176. The van der Waals surface area contributed by atoms with Crippen LogP contribution in [0, 0.1) is 0 Å². The average molecular weight is 333 g/mol. The van der Waals surface area contributed by atoms with Crippen molar-refractivity contribution in [1.29, 1.82) is 0 Å². The summed E-state index contributed by atoms with van der Waals surface area (Å²) in [5.41, 5.74) is 0.688. The van der Waals surface area contributed by atoms with E-state index in [0.29, 0.717) is 16.5 Å². The highest BCUT2D eigenvalue weighted by Gasteiger charge is 2.13. The second-order valence-electron chi connectivity index (χ2n) is 4.91. The predicted molar refractivity (Wildman–Crippen MR) is 89.7 cm³/mol. The summed E-state index contributed by atoms with van der Waals surface area (Å²) in [6.45, 7) is -0.206. The molecule has 0 fully saturated rings. The maximum atomic E-state index is 12.0. The van der Waals surface area contributed by atoms with Gasteiger partial charge in [-0.15, -0.1) is 0 Å². The van der Waals surface area contributed by atoms with E-state index in [4.69, 9.17) is 16.3 Å². The third-order valence-corrected chi connectivity index (χ3v) is 3.26. The highest BCUT2D eigenvalue weighted by atomic mass is 35.5. The SMILES string of the molecule is CN(CC(=O)Nc1ccccc1)C(=O)COc1cccc(Cl)c1. The van der Waals surface area contributed by atoms with Crippen LogP contribution in [0.15, 0.2) is 54.6 Å². The molecule has 2 aromatic carbocycles. The highest BCUT2D eigenvalue weighted by molar-refractivity contribution is 6.30. The van der Waals surface area contributed by atoms with E-state index in [9.17, 15) is 9.59 Å². The smallest absolute Gasteiger partial charge is 0.260 e. The molecule has 0 unspecified atom stereocenters. The summed E-state index contributed by atoms with van der Waals surface area (Å²) in [4.78, 5) is 25.2. The van der Waals surface area contributed by atoms with Gasteiger partial charge < -0.3 is 15.0 Å². The molecule has 0 aliphatic heterocycles. The Balaban J connectivity index is 1.79. The van der Waals surface area contributed by atoms with Crippen LogP contribution in [0.1, 0.15) is 0 Å². The monoisotopic (exact) mass is 332 g/mol. The number of benzene rings is 2. The van der Waals surface area contributed by atoms with Crippen molar-refractivity contribution in [2.45, 2.75) is 0 Å². The number of amides is 2. The molecule has 2 aromatic rings. The quantitative estimate of drug-likeness (QED) is 0.885. The predicted octanol–water partition coefficient (Wildman–Crippen LogP) is 2.82. The first-order valence-corrected chi connectivity index (χ1v) is 7.39. The summed E-state index contributed by atoms with van der Waals surface area (Å²) in [6, 6.07) is 15.8. The summed E-state index contributed by atoms with van der Waals surface area (Å²) >= 11 is 5.84. The molecule has 2 amide bonds. The fourth-order valence-electron chi connectivity index (χ4n) is 1.84. The fourth-order valence-corrected chi connectivity index (χ4v) is 2.02. The van der Waals surface area contributed by atoms with E-state index < -0.39 is 0 Å². The maximum absolute atomic E-state index is 12.0. The minimum absolute atomic E-state index is 0.0490. The van der Waals surface area contributed by atoms with E-state index >= 15 is 0 Å². The molecule has 120 valence electrons. The molecule has 0 aliphatic rings. The van der Waals surface area contributed by atoms with E-state index in [-0.39, 0.29) is 25.0 Å². The zero-order chi connectivity index (χ0) is 16.7. The molecular weight excluding hydrogens is 316 g/mol. The molecule has 0 aromatic heterocycles. The number of hydrogen-bond acceptors (Lipinski definition) is 3. The van der Waals surface area contributed by atoms with Crippen LogP contribution in [0.25, 0.3) is 0 Å². The molecule has 0 heterocycles. The second-order valence-corrected chi connectivity index (χ2v) is 5.35. The van der Waals surface area contributed by atoms with Gasteiger partial charge in [-0.3, -0.25) is 9.59 Å². The van der Waals surface area contributed by atoms with Crippen molar-refractivity contribution < 1.29 is 14.3 Å². The van der Waals surface area contributed by atoms with Crippen molar-refractivity contribution in [3.63, 3.8) is 0 Å². The number of nitrogens with zero attached hydrogens (tertiary/aromatic N) is 1. The van der Waals surface area contributed by atoms with Crippen LogP contribution >= 0.6 is 11.6 Å². The number of likely N-dealkylation sites (N-methyl/N-ethyl adjacent to an activating group) is 1. The largest absolute Gasteiger partial charge is 0.484 e. The van der Waals surface area contributed by atoms with E-state index in [1.165, 1.54) is 4.90 Å². The summed E-state index contributed by atoms with van der Waals surface area (Å²) in [7, 11) is 1.55. The molecule has 0 saturated heterocycles. The molecule has 0 radical (unpaired) electrons. The Morgan fingerprint density at radius 2 is 1.87 bits per heavy atom. The molecule has 23 heavy (non-hydrogen) atoms. The van der Waals surface area contributed by atoms with Gasteiger partial charge in [0.2, 0.25) is 5.91 Å². The Morgan fingerprint density at radius 3 is 2.57 bits per heavy atom. The highest BCUT2D eigenvalue weighted by Crippen LogP contribution is 2.17. The van der Waals surface area contributed by atoms with E-state index in [0.717, 1.165) is 0 Å². The third kappa shape index (κ3) is 5.64. The standard InChI is InChI=1S/C17H17ClN2O3/c1-20(11-16(21)19-14-7-3-2-4-8-14)17(22)12-23-15-9-5-6-13(18)10-15/h2-10H,11-12H2,1H3,(H,19,21). The number of para-hydroxylation sites is 1. The average Bonchev–Trinajstić information content (AvgIpc) is 2.53. The zero-order valence-electron chi connectivity index (χ0n) is 12.7. The maximum Gasteiger partial charge on any atom is 0.260 e. The lowest BCUT2D eigenvalue weighted by atomic mass is 10.3. The van der Waals surface area contributed by atoms with Gasteiger partial charge in [0, 0.05) is 17.8 Å². The molecule has 5 nitrogen and oxygen atoms in total. The van der Waals surface area contributed by atoms with Crippen LogP contribution in [-0.2, 0) is 9.59 Å². The summed E-state index contributed by atoms with van der Waals surface area (Å²) in [6.07, 6.45) is 0. The van der Waals surface area contributed by atoms with E-state index in [1.54, 1.807) is 43.4 Å². The lowest BCUT2D eigenvalue weighted by Crippen LogP contribution is -2.37. The van der Waals surface area contributed by atoms with Crippen molar-refractivity contribution in [3.8, 4) is 5.75 Å². The van der Waals surface area contributed by atoms with Crippen molar-refractivity contribution in [3.05, 3.63) is 59.6 Å². The Kier molecular flexibility index (Phi) is 6.00. The van der Waals surface area contributed by atoms with Gasteiger partial charge in [0.1, 0.15) is 5.75 Å². The van der Waals surface area contributed by atoms with Crippen molar-refractivity contribution in [2.24, 2.45) is 0 Å². The molecule has 0 bridgehead atoms.